The van der Waals surface area contributed by atoms with E-state index in [1.165, 1.54) is 0 Å². The summed E-state index contributed by atoms with van der Waals surface area (Å²) in [6, 6.07) is 5.85. The maximum atomic E-state index is 6.14. The first-order chi connectivity index (χ1) is 8.15. The number of benzene rings is 1. The molecule has 1 atom stereocenters. The van der Waals surface area contributed by atoms with Gasteiger partial charge >= 0.3 is 0 Å². The zero-order valence-corrected chi connectivity index (χ0v) is 11.8. The van der Waals surface area contributed by atoms with E-state index in [0.29, 0.717) is 5.02 Å². The Labute approximate surface area is 113 Å². The molecule has 0 aliphatic heterocycles. The molecule has 0 amide bonds. The van der Waals surface area contributed by atoms with Crippen LogP contribution in [0.15, 0.2) is 18.2 Å². The summed E-state index contributed by atoms with van der Waals surface area (Å²) in [5.41, 5.74) is 1.09. The van der Waals surface area contributed by atoms with Crippen molar-refractivity contribution in [1.82, 2.24) is 5.32 Å². The minimum atomic E-state index is 0.238. The van der Waals surface area contributed by atoms with Crippen LogP contribution in [0.4, 0.5) is 0 Å². The predicted molar refractivity (Wildman–Crippen MR) is 74.0 cm³/mol. The van der Waals surface area contributed by atoms with Gasteiger partial charge in [-0.1, -0.05) is 29.3 Å². The van der Waals surface area contributed by atoms with E-state index < -0.39 is 0 Å². The monoisotopic (exact) mass is 275 g/mol. The summed E-state index contributed by atoms with van der Waals surface area (Å²) in [6.07, 6.45) is 2.17. The molecule has 0 fully saturated rings. The normalized spacial score (nSPS) is 12.7. The first-order valence-corrected chi connectivity index (χ1v) is 6.58. The molecule has 1 rings (SSSR count). The minimum Gasteiger partial charge on any atom is -0.385 e. The summed E-state index contributed by atoms with van der Waals surface area (Å²) in [6.45, 7) is 3.88. The Morgan fingerprint density at radius 2 is 2.06 bits per heavy atom. The highest BCUT2D eigenvalue weighted by Crippen LogP contribution is 2.25. The molecule has 2 nitrogen and oxygen atoms in total. The molecule has 1 aromatic rings. The Morgan fingerprint density at radius 3 is 2.71 bits per heavy atom. The Hall–Kier alpha value is -0.280. The molecule has 0 saturated heterocycles. The molecule has 4 heteroatoms. The predicted octanol–water partition coefficient (Wildman–Crippen LogP) is 4.07. The lowest BCUT2D eigenvalue weighted by Crippen LogP contribution is -2.20. The van der Waals surface area contributed by atoms with Crippen LogP contribution < -0.4 is 5.32 Å². The lowest BCUT2D eigenvalue weighted by molar-refractivity contribution is 0.192. The van der Waals surface area contributed by atoms with Gasteiger partial charge in [0.05, 0.1) is 0 Å². The van der Waals surface area contributed by atoms with Crippen molar-refractivity contribution >= 4 is 23.2 Å². The number of rotatable bonds is 7. The molecule has 17 heavy (non-hydrogen) atoms. The second kappa shape index (κ2) is 7.93. The summed E-state index contributed by atoms with van der Waals surface area (Å²) in [5.74, 6) is 0. The largest absolute Gasteiger partial charge is 0.385 e. The first kappa shape index (κ1) is 14.8. The SMILES string of the molecule is COCCCCNC(C)c1ccc(Cl)cc1Cl. The van der Waals surface area contributed by atoms with Gasteiger partial charge in [-0.3, -0.25) is 0 Å². The fourth-order valence-corrected chi connectivity index (χ4v) is 2.22. The Kier molecular flexibility index (Phi) is 6.90. The van der Waals surface area contributed by atoms with Crippen LogP contribution in [-0.2, 0) is 4.74 Å². The highest BCUT2D eigenvalue weighted by Gasteiger charge is 2.08. The summed E-state index contributed by atoms with van der Waals surface area (Å²) < 4.78 is 5.00. The Balaban J connectivity index is 2.38. The van der Waals surface area contributed by atoms with Crippen molar-refractivity contribution in [2.24, 2.45) is 0 Å². The number of hydrogen-bond acceptors (Lipinski definition) is 2. The zero-order valence-electron chi connectivity index (χ0n) is 10.3. The van der Waals surface area contributed by atoms with Crippen molar-refractivity contribution in [1.29, 1.82) is 0 Å². The van der Waals surface area contributed by atoms with Crippen LogP contribution in [0.3, 0.4) is 0 Å². The van der Waals surface area contributed by atoms with E-state index in [2.05, 4.69) is 12.2 Å². The second-order valence-electron chi connectivity index (χ2n) is 4.04. The maximum absolute atomic E-state index is 6.14. The number of hydrogen-bond donors (Lipinski definition) is 1. The molecule has 0 bridgehead atoms. The van der Waals surface area contributed by atoms with E-state index in [0.717, 1.165) is 36.6 Å². The van der Waals surface area contributed by atoms with E-state index in [1.54, 1.807) is 13.2 Å². The van der Waals surface area contributed by atoms with E-state index in [9.17, 15) is 0 Å². The minimum absolute atomic E-state index is 0.238. The molecular formula is C13H19Cl2NO. The fraction of sp³-hybridized carbons (Fsp3) is 0.538. The molecule has 0 radical (unpaired) electrons. The molecule has 0 spiro atoms. The van der Waals surface area contributed by atoms with Crippen LogP contribution in [0.25, 0.3) is 0 Å². The third-order valence-electron chi connectivity index (χ3n) is 2.65. The van der Waals surface area contributed by atoms with Gasteiger partial charge in [0.1, 0.15) is 0 Å². The molecule has 1 aromatic carbocycles. The van der Waals surface area contributed by atoms with E-state index >= 15 is 0 Å². The van der Waals surface area contributed by atoms with Crippen LogP contribution in [-0.4, -0.2) is 20.3 Å². The Bertz CT molecular complexity index is 344. The van der Waals surface area contributed by atoms with Gasteiger partial charge in [-0.05, 0) is 44.0 Å². The summed E-state index contributed by atoms with van der Waals surface area (Å²) in [4.78, 5) is 0. The third kappa shape index (κ3) is 5.26. The lowest BCUT2D eigenvalue weighted by atomic mass is 10.1. The van der Waals surface area contributed by atoms with E-state index in [4.69, 9.17) is 27.9 Å². The van der Waals surface area contributed by atoms with Gasteiger partial charge in [-0.2, -0.15) is 0 Å². The highest BCUT2D eigenvalue weighted by atomic mass is 35.5. The number of ether oxygens (including phenoxy) is 1. The standard InChI is InChI=1S/C13H19Cl2NO/c1-10(16-7-3-4-8-17-2)12-6-5-11(14)9-13(12)15/h5-6,9-10,16H,3-4,7-8H2,1-2H3. The maximum Gasteiger partial charge on any atom is 0.0468 e. The molecule has 0 saturated carbocycles. The van der Waals surface area contributed by atoms with Crippen molar-refractivity contribution in [3.05, 3.63) is 33.8 Å². The molecular weight excluding hydrogens is 257 g/mol. The van der Waals surface area contributed by atoms with Crippen LogP contribution in [0.2, 0.25) is 10.0 Å². The van der Waals surface area contributed by atoms with Gasteiger partial charge in [0.15, 0.2) is 0 Å². The van der Waals surface area contributed by atoms with E-state index in [-0.39, 0.29) is 6.04 Å². The molecule has 1 unspecified atom stereocenters. The van der Waals surface area contributed by atoms with Crippen molar-refractivity contribution in [3.63, 3.8) is 0 Å². The summed E-state index contributed by atoms with van der Waals surface area (Å²) >= 11 is 12.0. The topological polar surface area (TPSA) is 21.3 Å². The molecule has 0 aromatic heterocycles. The van der Waals surface area contributed by atoms with Crippen LogP contribution >= 0.6 is 23.2 Å². The van der Waals surface area contributed by atoms with E-state index in [1.807, 2.05) is 12.1 Å². The van der Waals surface area contributed by atoms with Gasteiger partial charge < -0.3 is 10.1 Å². The van der Waals surface area contributed by atoms with Crippen molar-refractivity contribution < 1.29 is 4.74 Å². The first-order valence-electron chi connectivity index (χ1n) is 5.82. The Morgan fingerprint density at radius 1 is 1.29 bits per heavy atom. The van der Waals surface area contributed by atoms with Crippen molar-refractivity contribution in [3.8, 4) is 0 Å². The fourth-order valence-electron chi connectivity index (χ4n) is 1.65. The lowest BCUT2D eigenvalue weighted by Gasteiger charge is -2.15. The molecule has 1 N–H and O–H groups in total. The third-order valence-corrected chi connectivity index (χ3v) is 3.22. The van der Waals surface area contributed by atoms with Gasteiger partial charge in [-0.15, -0.1) is 0 Å². The average molecular weight is 276 g/mol. The van der Waals surface area contributed by atoms with Crippen LogP contribution in [0.1, 0.15) is 31.4 Å². The zero-order chi connectivity index (χ0) is 12.7. The van der Waals surface area contributed by atoms with Crippen LogP contribution in [0.5, 0.6) is 0 Å². The summed E-state index contributed by atoms with van der Waals surface area (Å²) in [7, 11) is 1.73. The van der Waals surface area contributed by atoms with Gasteiger partial charge in [0, 0.05) is 29.8 Å². The number of unbranched alkanes of at least 4 members (excludes halogenated alkanes) is 1. The van der Waals surface area contributed by atoms with Crippen molar-refractivity contribution in [2.75, 3.05) is 20.3 Å². The highest BCUT2D eigenvalue weighted by molar-refractivity contribution is 6.35. The molecule has 0 aliphatic rings. The number of nitrogens with one attached hydrogen (secondary N) is 1. The van der Waals surface area contributed by atoms with Gasteiger partial charge in [0.25, 0.3) is 0 Å². The molecule has 96 valence electrons. The molecule has 0 heterocycles. The number of halogens is 2. The van der Waals surface area contributed by atoms with Crippen molar-refractivity contribution in [2.45, 2.75) is 25.8 Å². The second-order valence-corrected chi connectivity index (χ2v) is 4.89. The van der Waals surface area contributed by atoms with Crippen LogP contribution in [0, 0.1) is 0 Å². The van der Waals surface area contributed by atoms with Gasteiger partial charge in [-0.25, -0.2) is 0 Å². The quantitative estimate of drug-likeness (QED) is 0.758. The van der Waals surface area contributed by atoms with Gasteiger partial charge in [0.2, 0.25) is 0 Å². The smallest absolute Gasteiger partial charge is 0.0468 e. The average Bonchev–Trinajstić information content (AvgIpc) is 2.28. The summed E-state index contributed by atoms with van der Waals surface area (Å²) in [5, 5.41) is 4.82. The molecule has 0 aliphatic carbocycles. The number of methoxy groups -OCH3 is 1.